The molecule has 2 aliphatic heterocycles. The third kappa shape index (κ3) is 5.12. The Balaban J connectivity index is 0.00000261. The highest BCUT2D eigenvalue weighted by Gasteiger charge is 2.34. The summed E-state index contributed by atoms with van der Waals surface area (Å²) in [6.45, 7) is 4.36. The summed E-state index contributed by atoms with van der Waals surface area (Å²) in [7, 11) is 0. The molecule has 0 aliphatic carbocycles. The molecule has 3 rings (SSSR count). The summed E-state index contributed by atoms with van der Waals surface area (Å²) in [6.07, 6.45) is 2.10. The highest BCUT2D eigenvalue weighted by atomic mass is 35.5. The first-order valence-corrected chi connectivity index (χ1v) is 9.26. The maximum atomic E-state index is 12.7. The Kier molecular flexibility index (Phi) is 7.89. The quantitative estimate of drug-likeness (QED) is 0.736. The number of halogens is 1. The number of piperidine rings is 1. The van der Waals surface area contributed by atoms with Gasteiger partial charge in [0, 0.05) is 19.7 Å². The van der Waals surface area contributed by atoms with E-state index in [0.717, 1.165) is 19.3 Å². The van der Waals surface area contributed by atoms with Crippen LogP contribution >= 0.6 is 12.4 Å². The van der Waals surface area contributed by atoms with Gasteiger partial charge in [0.05, 0.1) is 11.8 Å². The smallest absolute Gasteiger partial charge is 0.268 e. The number of nitrogens with zero attached hydrogens (tertiary/aromatic N) is 2. The van der Waals surface area contributed by atoms with Crippen LogP contribution in [0.25, 0.3) is 0 Å². The van der Waals surface area contributed by atoms with Crippen molar-refractivity contribution in [2.45, 2.75) is 38.4 Å². The summed E-state index contributed by atoms with van der Waals surface area (Å²) in [5, 5.41) is 0. The van der Waals surface area contributed by atoms with E-state index in [1.807, 2.05) is 29.2 Å². The molecule has 1 unspecified atom stereocenters. The van der Waals surface area contributed by atoms with Crippen LogP contribution in [-0.2, 0) is 14.3 Å². The van der Waals surface area contributed by atoms with Crippen LogP contribution in [0.15, 0.2) is 24.3 Å². The fourth-order valence-corrected chi connectivity index (χ4v) is 3.36. The predicted molar refractivity (Wildman–Crippen MR) is 105 cm³/mol. The van der Waals surface area contributed by atoms with Crippen molar-refractivity contribution in [3.63, 3.8) is 0 Å². The summed E-state index contributed by atoms with van der Waals surface area (Å²) in [5.74, 6) is 0.416. The van der Waals surface area contributed by atoms with Gasteiger partial charge in [0.2, 0.25) is 5.91 Å². The number of carbonyl (C=O) groups excluding carboxylic acids is 2. The van der Waals surface area contributed by atoms with Crippen molar-refractivity contribution in [2.24, 2.45) is 5.73 Å². The van der Waals surface area contributed by atoms with Crippen LogP contribution in [-0.4, -0.2) is 61.7 Å². The zero-order valence-corrected chi connectivity index (χ0v) is 16.5. The Morgan fingerprint density at radius 2 is 2.00 bits per heavy atom. The van der Waals surface area contributed by atoms with Crippen LogP contribution in [0, 0.1) is 0 Å². The summed E-state index contributed by atoms with van der Waals surface area (Å²) < 4.78 is 11.4. The van der Waals surface area contributed by atoms with Crippen LogP contribution in [0.1, 0.15) is 26.2 Å². The number of anilines is 1. The standard InChI is InChI=1S/C19H27N3O4.ClH/c1-14-19(24)22(16-5-2-3-6-17(16)26-14)13-18(23)21-10-7-15(8-11-21)25-12-4-9-20;/h2-3,5-6,14-15H,4,7-13,20H2,1H3;1H. The number of amides is 2. The van der Waals surface area contributed by atoms with E-state index in [0.29, 0.717) is 37.7 Å². The molecule has 2 amide bonds. The highest BCUT2D eigenvalue weighted by molar-refractivity contribution is 6.03. The lowest BCUT2D eigenvalue weighted by atomic mass is 10.1. The fourth-order valence-electron chi connectivity index (χ4n) is 3.36. The van der Waals surface area contributed by atoms with Gasteiger partial charge in [-0.1, -0.05) is 12.1 Å². The summed E-state index contributed by atoms with van der Waals surface area (Å²) >= 11 is 0. The normalized spacial score (nSPS) is 19.9. The molecule has 0 saturated carbocycles. The molecule has 1 saturated heterocycles. The number of likely N-dealkylation sites (tertiary alicyclic amines) is 1. The number of ether oxygens (including phenoxy) is 2. The number of hydrogen-bond acceptors (Lipinski definition) is 5. The Morgan fingerprint density at radius 3 is 2.70 bits per heavy atom. The topological polar surface area (TPSA) is 85.1 Å². The van der Waals surface area contributed by atoms with Crippen molar-refractivity contribution in [3.8, 4) is 5.75 Å². The van der Waals surface area contributed by atoms with Crippen LogP contribution < -0.4 is 15.4 Å². The summed E-state index contributed by atoms with van der Waals surface area (Å²) in [5.41, 5.74) is 6.13. The van der Waals surface area contributed by atoms with Gasteiger partial charge in [-0.2, -0.15) is 0 Å². The maximum Gasteiger partial charge on any atom is 0.268 e. The SMILES string of the molecule is CC1Oc2ccccc2N(CC(=O)N2CCC(OCCCN)CC2)C1=O.Cl. The van der Waals surface area contributed by atoms with Gasteiger partial charge in [-0.15, -0.1) is 12.4 Å². The molecule has 0 bridgehead atoms. The Bertz CT molecular complexity index is 650. The minimum absolute atomic E-state index is 0. The molecule has 0 aromatic heterocycles. The lowest BCUT2D eigenvalue weighted by Gasteiger charge is -2.36. The number of carbonyl (C=O) groups is 2. The highest BCUT2D eigenvalue weighted by Crippen LogP contribution is 2.33. The lowest BCUT2D eigenvalue weighted by Crippen LogP contribution is -2.51. The van der Waals surface area contributed by atoms with Crippen molar-refractivity contribution in [1.29, 1.82) is 0 Å². The number of rotatable bonds is 6. The lowest BCUT2D eigenvalue weighted by molar-refractivity contribution is -0.135. The van der Waals surface area contributed by atoms with Crippen LogP contribution in [0.5, 0.6) is 5.75 Å². The molecule has 7 nitrogen and oxygen atoms in total. The number of nitrogens with two attached hydrogens (primary N) is 1. The van der Waals surface area contributed by atoms with Crippen molar-refractivity contribution < 1.29 is 19.1 Å². The van der Waals surface area contributed by atoms with Gasteiger partial charge in [0.1, 0.15) is 12.3 Å². The molecule has 0 spiro atoms. The van der Waals surface area contributed by atoms with Crippen molar-refractivity contribution in [3.05, 3.63) is 24.3 Å². The van der Waals surface area contributed by atoms with Crippen LogP contribution in [0.3, 0.4) is 0 Å². The number of benzene rings is 1. The second kappa shape index (κ2) is 9.92. The van der Waals surface area contributed by atoms with E-state index < -0.39 is 6.10 Å². The molecule has 1 atom stereocenters. The van der Waals surface area contributed by atoms with Gasteiger partial charge >= 0.3 is 0 Å². The van der Waals surface area contributed by atoms with Gasteiger partial charge in [-0.05, 0) is 44.9 Å². The molecule has 2 heterocycles. The second-order valence-corrected chi connectivity index (χ2v) is 6.75. The minimum atomic E-state index is -0.584. The molecule has 2 N–H and O–H groups in total. The second-order valence-electron chi connectivity index (χ2n) is 6.75. The minimum Gasteiger partial charge on any atom is -0.479 e. The predicted octanol–water partition coefficient (Wildman–Crippen LogP) is 1.58. The molecule has 150 valence electrons. The van der Waals surface area contributed by atoms with E-state index in [9.17, 15) is 9.59 Å². The Morgan fingerprint density at radius 1 is 1.30 bits per heavy atom. The molecule has 1 aromatic carbocycles. The Labute approximate surface area is 166 Å². The zero-order chi connectivity index (χ0) is 18.5. The number of para-hydroxylation sites is 2. The Hall–Kier alpha value is -1.83. The first-order chi connectivity index (χ1) is 12.6. The monoisotopic (exact) mass is 397 g/mol. The van der Waals surface area contributed by atoms with Gasteiger partial charge in [0.25, 0.3) is 5.91 Å². The van der Waals surface area contributed by atoms with E-state index in [-0.39, 0.29) is 36.9 Å². The first kappa shape index (κ1) is 21.5. The van der Waals surface area contributed by atoms with E-state index in [1.165, 1.54) is 4.90 Å². The largest absolute Gasteiger partial charge is 0.479 e. The zero-order valence-electron chi connectivity index (χ0n) is 15.6. The molecule has 0 radical (unpaired) electrons. The first-order valence-electron chi connectivity index (χ1n) is 9.26. The maximum absolute atomic E-state index is 12.7. The van der Waals surface area contributed by atoms with E-state index in [4.69, 9.17) is 15.2 Å². The van der Waals surface area contributed by atoms with Gasteiger partial charge in [-0.25, -0.2) is 0 Å². The third-order valence-corrected chi connectivity index (χ3v) is 4.86. The van der Waals surface area contributed by atoms with Gasteiger partial charge in [0.15, 0.2) is 6.10 Å². The van der Waals surface area contributed by atoms with Crippen LogP contribution in [0.2, 0.25) is 0 Å². The van der Waals surface area contributed by atoms with E-state index in [1.54, 1.807) is 6.92 Å². The molecule has 1 fully saturated rings. The van der Waals surface area contributed by atoms with E-state index in [2.05, 4.69) is 0 Å². The average molecular weight is 398 g/mol. The number of fused-ring (bicyclic) bond motifs is 1. The average Bonchev–Trinajstić information content (AvgIpc) is 2.66. The molecule has 2 aliphatic rings. The summed E-state index contributed by atoms with van der Waals surface area (Å²) in [4.78, 5) is 28.6. The van der Waals surface area contributed by atoms with Crippen molar-refractivity contribution >= 4 is 29.9 Å². The van der Waals surface area contributed by atoms with Gasteiger partial charge in [-0.3, -0.25) is 14.5 Å². The van der Waals surface area contributed by atoms with Crippen molar-refractivity contribution in [1.82, 2.24) is 4.90 Å². The van der Waals surface area contributed by atoms with Crippen LogP contribution in [0.4, 0.5) is 5.69 Å². The fraction of sp³-hybridized carbons (Fsp3) is 0.579. The molecule has 27 heavy (non-hydrogen) atoms. The molecule has 1 aromatic rings. The van der Waals surface area contributed by atoms with E-state index >= 15 is 0 Å². The van der Waals surface area contributed by atoms with Crippen molar-refractivity contribution in [2.75, 3.05) is 37.7 Å². The third-order valence-electron chi connectivity index (χ3n) is 4.86. The molecular weight excluding hydrogens is 370 g/mol. The summed E-state index contributed by atoms with van der Waals surface area (Å²) in [6, 6.07) is 7.33. The number of hydrogen-bond donors (Lipinski definition) is 1. The van der Waals surface area contributed by atoms with Gasteiger partial charge < -0.3 is 20.1 Å². The molecule has 8 heteroatoms. The molecular formula is C19H28ClN3O4.